The molecule has 1 unspecified atom stereocenters. The Kier molecular flexibility index (Phi) is 5.80. The summed E-state index contributed by atoms with van der Waals surface area (Å²) in [5, 5.41) is 3.33. The molecular formula is C16H13Cl2F2NO2. The maximum atomic E-state index is 13.6. The maximum absolute atomic E-state index is 13.6. The van der Waals surface area contributed by atoms with Crippen LogP contribution in [0.25, 0.3) is 0 Å². The zero-order valence-corrected chi connectivity index (χ0v) is 13.6. The first-order valence-electron chi connectivity index (χ1n) is 6.68. The Labute approximate surface area is 142 Å². The van der Waals surface area contributed by atoms with E-state index in [0.717, 1.165) is 12.1 Å². The molecular weight excluding hydrogens is 347 g/mol. The molecule has 0 spiro atoms. The minimum atomic E-state index is -0.722. The van der Waals surface area contributed by atoms with Gasteiger partial charge in [0.15, 0.2) is 6.61 Å². The second-order valence-corrected chi connectivity index (χ2v) is 5.72. The van der Waals surface area contributed by atoms with Gasteiger partial charge in [0, 0.05) is 21.7 Å². The van der Waals surface area contributed by atoms with Gasteiger partial charge in [0.25, 0.3) is 5.91 Å². The normalized spacial score (nSPS) is 11.9. The molecule has 1 amide bonds. The standard InChI is InChI=1S/C16H13Cl2F2NO2/c1-9(14-3-2-12(19)7-15(14)20)21-16(22)8-23-13-5-10(17)4-11(18)6-13/h2-7,9H,8H2,1H3,(H,21,22). The summed E-state index contributed by atoms with van der Waals surface area (Å²) in [4.78, 5) is 11.8. The molecule has 0 fully saturated rings. The van der Waals surface area contributed by atoms with Crippen molar-refractivity contribution in [3.05, 3.63) is 63.6 Å². The number of benzene rings is 2. The van der Waals surface area contributed by atoms with Gasteiger partial charge in [0.1, 0.15) is 17.4 Å². The Hall–Kier alpha value is -1.85. The van der Waals surface area contributed by atoms with E-state index in [9.17, 15) is 13.6 Å². The van der Waals surface area contributed by atoms with Crippen molar-refractivity contribution < 1.29 is 18.3 Å². The first kappa shape index (κ1) is 17.5. The quantitative estimate of drug-likeness (QED) is 0.851. The Morgan fingerprint density at radius 1 is 1.17 bits per heavy atom. The lowest BCUT2D eigenvalue weighted by atomic mass is 10.1. The Morgan fingerprint density at radius 2 is 1.83 bits per heavy atom. The van der Waals surface area contributed by atoms with E-state index < -0.39 is 23.6 Å². The van der Waals surface area contributed by atoms with Gasteiger partial charge < -0.3 is 10.1 Å². The van der Waals surface area contributed by atoms with Gasteiger partial charge in [-0.3, -0.25) is 4.79 Å². The maximum Gasteiger partial charge on any atom is 0.258 e. The van der Waals surface area contributed by atoms with E-state index in [1.165, 1.54) is 24.3 Å². The summed E-state index contributed by atoms with van der Waals surface area (Å²) in [5.41, 5.74) is 0.186. The fraction of sp³-hybridized carbons (Fsp3) is 0.188. The van der Waals surface area contributed by atoms with Crippen molar-refractivity contribution in [2.45, 2.75) is 13.0 Å². The number of hydrogen-bond acceptors (Lipinski definition) is 2. The zero-order chi connectivity index (χ0) is 17.0. The number of carbonyl (C=O) groups is 1. The smallest absolute Gasteiger partial charge is 0.258 e. The van der Waals surface area contributed by atoms with Crippen molar-refractivity contribution in [3.8, 4) is 5.75 Å². The van der Waals surface area contributed by atoms with Gasteiger partial charge in [-0.2, -0.15) is 0 Å². The molecule has 2 rings (SSSR count). The molecule has 1 N–H and O–H groups in total. The van der Waals surface area contributed by atoms with Gasteiger partial charge in [-0.05, 0) is 31.2 Å². The highest BCUT2D eigenvalue weighted by molar-refractivity contribution is 6.34. The molecule has 0 radical (unpaired) electrons. The van der Waals surface area contributed by atoms with Crippen molar-refractivity contribution in [2.75, 3.05) is 6.61 Å². The lowest BCUT2D eigenvalue weighted by molar-refractivity contribution is -0.123. The van der Waals surface area contributed by atoms with Crippen LogP contribution >= 0.6 is 23.2 Å². The minimum absolute atomic E-state index is 0.186. The van der Waals surface area contributed by atoms with Crippen molar-refractivity contribution in [1.29, 1.82) is 0 Å². The molecule has 0 saturated heterocycles. The topological polar surface area (TPSA) is 38.3 Å². The van der Waals surface area contributed by atoms with Gasteiger partial charge in [0.05, 0.1) is 6.04 Å². The summed E-state index contributed by atoms with van der Waals surface area (Å²) in [6.45, 7) is 1.30. The zero-order valence-electron chi connectivity index (χ0n) is 12.1. The molecule has 122 valence electrons. The summed E-state index contributed by atoms with van der Waals surface area (Å²) < 4.78 is 31.8. The molecule has 7 heteroatoms. The number of halogens is 4. The summed E-state index contributed by atoms with van der Waals surface area (Å²) in [7, 11) is 0. The van der Waals surface area contributed by atoms with Crippen molar-refractivity contribution >= 4 is 29.1 Å². The molecule has 0 aliphatic rings. The second-order valence-electron chi connectivity index (χ2n) is 4.85. The van der Waals surface area contributed by atoms with Crippen LogP contribution in [0.4, 0.5) is 8.78 Å². The van der Waals surface area contributed by atoms with E-state index in [-0.39, 0.29) is 12.2 Å². The Bertz CT molecular complexity index is 705. The summed E-state index contributed by atoms with van der Waals surface area (Å²) in [6, 6.07) is 7.12. The van der Waals surface area contributed by atoms with E-state index in [1.807, 2.05) is 0 Å². The Balaban J connectivity index is 1.93. The van der Waals surface area contributed by atoms with Crippen LogP contribution in [-0.4, -0.2) is 12.5 Å². The van der Waals surface area contributed by atoms with E-state index in [0.29, 0.717) is 15.8 Å². The van der Waals surface area contributed by atoms with E-state index >= 15 is 0 Å². The molecule has 3 nitrogen and oxygen atoms in total. The number of ether oxygens (including phenoxy) is 1. The number of hydrogen-bond donors (Lipinski definition) is 1. The molecule has 2 aromatic rings. The predicted octanol–water partition coefficient (Wildman–Crippen LogP) is 4.53. The van der Waals surface area contributed by atoms with Crippen LogP contribution in [0.5, 0.6) is 5.75 Å². The molecule has 23 heavy (non-hydrogen) atoms. The highest BCUT2D eigenvalue weighted by Crippen LogP contribution is 2.24. The summed E-state index contributed by atoms with van der Waals surface area (Å²) in [5.74, 6) is -1.51. The summed E-state index contributed by atoms with van der Waals surface area (Å²) >= 11 is 11.6. The monoisotopic (exact) mass is 359 g/mol. The molecule has 0 aromatic heterocycles. The van der Waals surface area contributed by atoms with E-state index in [2.05, 4.69) is 5.32 Å². The van der Waals surface area contributed by atoms with E-state index in [1.54, 1.807) is 6.92 Å². The van der Waals surface area contributed by atoms with Crippen molar-refractivity contribution in [3.63, 3.8) is 0 Å². The number of carbonyl (C=O) groups excluding carboxylic acids is 1. The van der Waals surface area contributed by atoms with Crippen LogP contribution in [0.1, 0.15) is 18.5 Å². The van der Waals surface area contributed by atoms with Crippen LogP contribution in [0.2, 0.25) is 10.0 Å². The average molecular weight is 360 g/mol. The molecule has 0 bridgehead atoms. The van der Waals surface area contributed by atoms with Gasteiger partial charge in [-0.1, -0.05) is 29.3 Å². The average Bonchev–Trinajstić information content (AvgIpc) is 2.44. The lowest BCUT2D eigenvalue weighted by Gasteiger charge is -2.15. The number of amides is 1. The Morgan fingerprint density at radius 3 is 2.43 bits per heavy atom. The molecule has 0 aliphatic heterocycles. The summed E-state index contributed by atoms with van der Waals surface area (Å²) in [6.07, 6.45) is 0. The lowest BCUT2D eigenvalue weighted by Crippen LogP contribution is -2.31. The first-order chi connectivity index (χ1) is 10.8. The van der Waals surface area contributed by atoms with Crippen LogP contribution in [-0.2, 0) is 4.79 Å². The third-order valence-electron chi connectivity index (χ3n) is 3.01. The highest BCUT2D eigenvalue weighted by Gasteiger charge is 2.14. The fourth-order valence-electron chi connectivity index (χ4n) is 1.97. The number of nitrogens with one attached hydrogen (secondary N) is 1. The van der Waals surface area contributed by atoms with Crippen LogP contribution < -0.4 is 10.1 Å². The highest BCUT2D eigenvalue weighted by atomic mass is 35.5. The van der Waals surface area contributed by atoms with Crippen LogP contribution in [0, 0.1) is 11.6 Å². The minimum Gasteiger partial charge on any atom is -0.484 e. The SMILES string of the molecule is CC(NC(=O)COc1cc(Cl)cc(Cl)c1)c1ccc(F)cc1F. The predicted molar refractivity (Wildman–Crippen MR) is 84.9 cm³/mol. The molecule has 0 saturated carbocycles. The number of rotatable bonds is 5. The molecule has 2 aromatic carbocycles. The van der Waals surface area contributed by atoms with Crippen molar-refractivity contribution in [1.82, 2.24) is 5.32 Å². The van der Waals surface area contributed by atoms with Gasteiger partial charge in [-0.25, -0.2) is 8.78 Å². The van der Waals surface area contributed by atoms with Crippen LogP contribution in [0.3, 0.4) is 0 Å². The molecule has 0 aliphatic carbocycles. The second kappa shape index (κ2) is 7.62. The first-order valence-corrected chi connectivity index (χ1v) is 7.44. The fourth-order valence-corrected chi connectivity index (χ4v) is 2.48. The largest absolute Gasteiger partial charge is 0.484 e. The van der Waals surface area contributed by atoms with Gasteiger partial charge >= 0.3 is 0 Å². The van der Waals surface area contributed by atoms with Crippen LogP contribution in [0.15, 0.2) is 36.4 Å². The molecule has 0 heterocycles. The van der Waals surface area contributed by atoms with Gasteiger partial charge in [-0.15, -0.1) is 0 Å². The third kappa shape index (κ3) is 5.08. The molecule has 1 atom stereocenters. The van der Waals surface area contributed by atoms with Crippen molar-refractivity contribution in [2.24, 2.45) is 0 Å². The van der Waals surface area contributed by atoms with Gasteiger partial charge in [0.2, 0.25) is 0 Å². The van der Waals surface area contributed by atoms with E-state index in [4.69, 9.17) is 27.9 Å². The third-order valence-corrected chi connectivity index (χ3v) is 3.45.